The van der Waals surface area contributed by atoms with Crippen LogP contribution in [0.25, 0.3) is 0 Å². The van der Waals surface area contributed by atoms with Gasteiger partial charge in [0.2, 0.25) is 0 Å². The third-order valence-electron chi connectivity index (χ3n) is 2.69. The fraction of sp³-hybridized carbons (Fsp3) is 0.562. The van der Waals surface area contributed by atoms with Gasteiger partial charge in [-0.1, -0.05) is 6.07 Å². The van der Waals surface area contributed by atoms with Gasteiger partial charge in [-0.2, -0.15) is 0 Å². The van der Waals surface area contributed by atoms with E-state index in [0.717, 1.165) is 11.4 Å². The van der Waals surface area contributed by atoms with E-state index in [1.807, 2.05) is 45.9 Å². The predicted octanol–water partition coefficient (Wildman–Crippen LogP) is 2.20. The van der Waals surface area contributed by atoms with Crippen molar-refractivity contribution in [1.29, 1.82) is 0 Å². The van der Waals surface area contributed by atoms with Crippen molar-refractivity contribution in [3.8, 4) is 0 Å². The highest BCUT2D eigenvalue weighted by atomic mass is 127. The van der Waals surface area contributed by atoms with E-state index in [1.54, 1.807) is 7.05 Å². The smallest absolute Gasteiger partial charge is 0.407 e. The summed E-state index contributed by atoms with van der Waals surface area (Å²) in [6.45, 7) is 9.01. The molecule has 1 heterocycles. The third kappa shape index (κ3) is 10.2. The summed E-state index contributed by atoms with van der Waals surface area (Å²) >= 11 is 0. The Balaban J connectivity index is 0.00000529. The number of guanidine groups is 1. The van der Waals surface area contributed by atoms with Crippen LogP contribution in [0.1, 0.15) is 32.2 Å². The van der Waals surface area contributed by atoms with E-state index in [-0.39, 0.29) is 24.0 Å². The van der Waals surface area contributed by atoms with Crippen molar-refractivity contribution in [3.63, 3.8) is 0 Å². The number of nitrogens with one attached hydrogen (secondary N) is 3. The molecule has 0 bridgehead atoms. The fourth-order valence-electron chi connectivity index (χ4n) is 1.75. The van der Waals surface area contributed by atoms with Gasteiger partial charge in [-0.05, 0) is 39.8 Å². The Morgan fingerprint density at radius 2 is 1.88 bits per heavy atom. The van der Waals surface area contributed by atoms with E-state index >= 15 is 0 Å². The summed E-state index contributed by atoms with van der Waals surface area (Å²) < 4.78 is 5.16. The van der Waals surface area contributed by atoms with Gasteiger partial charge in [0, 0.05) is 25.8 Å². The molecule has 24 heavy (non-hydrogen) atoms. The van der Waals surface area contributed by atoms with Gasteiger partial charge in [-0.3, -0.25) is 9.98 Å². The first-order chi connectivity index (χ1) is 10.8. The molecule has 3 N–H and O–H groups in total. The number of nitrogens with zero attached hydrogens (tertiary/aromatic N) is 2. The second kappa shape index (κ2) is 11.1. The Hall–Kier alpha value is -1.58. The molecule has 0 fully saturated rings. The molecule has 1 amide bonds. The lowest BCUT2D eigenvalue weighted by Crippen LogP contribution is -2.42. The Bertz CT molecular complexity index is 544. The summed E-state index contributed by atoms with van der Waals surface area (Å²) in [4.78, 5) is 20.0. The normalized spacial score (nSPS) is 11.3. The second-order valence-electron chi connectivity index (χ2n) is 6.05. The zero-order valence-electron chi connectivity index (χ0n) is 15.0. The molecule has 7 nitrogen and oxygen atoms in total. The van der Waals surface area contributed by atoms with Gasteiger partial charge in [0.05, 0.1) is 12.2 Å². The SMILES string of the molecule is CN=C(NCCNC(=O)OC(C)(C)C)NCc1cccc(C)n1.I. The van der Waals surface area contributed by atoms with Crippen LogP contribution in [0.15, 0.2) is 23.2 Å². The standard InChI is InChI=1S/C16H27N5O2.HI/c1-12-7-6-8-13(21-12)11-20-14(17-5)18-9-10-19-15(22)23-16(2,3)4;/h6-8H,9-11H2,1-5H3,(H,19,22)(H2,17,18,20);1H. The molecule has 1 rings (SSSR count). The van der Waals surface area contributed by atoms with Crippen LogP contribution in [0.2, 0.25) is 0 Å². The molecule has 136 valence electrons. The number of amides is 1. The zero-order chi connectivity index (χ0) is 17.3. The molecule has 0 aliphatic rings. The van der Waals surface area contributed by atoms with Crippen LogP contribution >= 0.6 is 24.0 Å². The van der Waals surface area contributed by atoms with E-state index in [0.29, 0.717) is 25.6 Å². The number of aryl methyl sites for hydroxylation is 1. The number of hydrogen-bond acceptors (Lipinski definition) is 4. The largest absolute Gasteiger partial charge is 0.444 e. The minimum atomic E-state index is -0.490. The first-order valence-electron chi connectivity index (χ1n) is 7.64. The van der Waals surface area contributed by atoms with Crippen molar-refractivity contribution in [3.05, 3.63) is 29.6 Å². The average Bonchev–Trinajstić information content (AvgIpc) is 2.44. The van der Waals surface area contributed by atoms with Crippen LogP contribution in [0, 0.1) is 6.92 Å². The van der Waals surface area contributed by atoms with Crippen molar-refractivity contribution in [2.75, 3.05) is 20.1 Å². The molecule has 0 radical (unpaired) electrons. The number of alkyl carbamates (subject to hydrolysis) is 1. The minimum Gasteiger partial charge on any atom is -0.444 e. The van der Waals surface area contributed by atoms with Crippen molar-refractivity contribution in [2.24, 2.45) is 4.99 Å². The highest BCUT2D eigenvalue weighted by Crippen LogP contribution is 2.05. The number of carbonyl (C=O) groups is 1. The van der Waals surface area contributed by atoms with Crippen LogP contribution in [0.3, 0.4) is 0 Å². The average molecular weight is 449 g/mol. The summed E-state index contributed by atoms with van der Waals surface area (Å²) in [7, 11) is 1.69. The molecule has 0 aliphatic heterocycles. The van der Waals surface area contributed by atoms with Crippen molar-refractivity contribution in [2.45, 2.75) is 39.8 Å². The van der Waals surface area contributed by atoms with Gasteiger partial charge in [-0.15, -0.1) is 24.0 Å². The maximum atomic E-state index is 11.5. The number of hydrogen-bond donors (Lipinski definition) is 3. The van der Waals surface area contributed by atoms with Crippen LogP contribution in [-0.4, -0.2) is 42.8 Å². The molecular weight excluding hydrogens is 421 g/mol. The highest BCUT2D eigenvalue weighted by Gasteiger charge is 2.15. The van der Waals surface area contributed by atoms with Crippen LogP contribution in [0.5, 0.6) is 0 Å². The number of halogens is 1. The summed E-state index contributed by atoms with van der Waals surface area (Å²) in [5.41, 5.74) is 1.43. The van der Waals surface area contributed by atoms with Crippen molar-refractivity contribution in [1.82, 2.24) is 20.9 Å². The summed E-state index contributed by atoms with van der Waals surface area (Å²) in [6.07, 6.45) is -0.425. The summed E-state index contributed by atoms with van der Waals surface area (Å²) in [5.74, 6) is 0.652. The van der Waals surface area contributed by atoms with Gasteiger partial charge >= 0.3 is 6.09 Å². The Morgan fingerprint density at radius 1 is 1.21 bits per heavy atom. The van der Waals surface area contributed by atoms with Crippen molar-refractivity contribution >= 4 is 36.0 Å². The molecule has 0 spiro atoms. The van der Waals surface area contributed by atoms with Crippen LogP contribution in [0.4, 0.5) is 4.79 Å². The molecule has 1 aromatic rings. The molecule has 0 saturated carbocycles. The quantitative estimate of drug-likeness (QED) is 0.278. The van der Waals surface area contributed by atoms with Gasteiger partial charge < -0.3 is 20.7 Å². The lowest BCUT2D eigenvalue weighted by atomic mass is 10.2. The van der Waals surface area contributed by atoms with Gasteiger partial charge in [0.25, 0.3) is 0 Å². The Labute approximate surface area is 161 Å². The number of aromatic nitrogens is 1. The number of rotatable bonds is 5. The monoisotopic (exact) mass is 449 g/mol. The molecule has 0 aliphatic carbocycles. The molecule has 8 heteroatoms. The molecular formula is C16H28IN5O2. The molecule has 0 aromatic carbocycles. The number of pyridine rings is 1. The molecule has 0 saturated heterocycles. The fourth-order valence-corrected chi connectivity index (χ4v) is 1.75. The maximum Gasteiger partial charge on any atom is 0.407 e. The zero-order valence-corrected chi connectivity index (χ0v) is 17.3. The second-order valence-corrected chi connectivity index (χ2v) is 6.05. The van der Waals surface area contributed by atoms with Gasteiger partial charge in [0.15, 0.2) is 5.96 Å². The lowest BCUT2D eigenvalue weighted by Gasteiger charge is -2.19. The lowest BCUT2D eigenvalue weighted by molar-refractivity contribution is 0.0529. The molecule has 1 aromatic heterocycles. The van der Waals surface area contributed by atoms with E-state index in [9.17, 15) is 4.79 Å². The third-order valence-corrected chi connectivity index (χ3v) is 2.69. The Morgan fingerprint density at radius 3 is 2.46 bits per heavy atom. The van der Waals surface area contributed by atoms with Gasteiger partial charge in [-0.25, -0.2) is 4.79 Å². The van der Waals surface area contributed by atoms with Crippen LogP contribution < -0.4 is 16.0 Å². The van der Waals surface area contributed by atoms with Crippen molar-refractivity contribution < 1.29 is 9.53 Å². The van der Waals surface area contributed by atoms with E-state index in [4.69, 9.17) is 4.74 Å². The number of carbonyl (C=O) groups excluding carboxylic acids is 1. The highest BCUT2D eigenvalue weighted by molar-refractivity contribution is 14.0. The summed E-state index contributed by atoms with van der Waals surface area (Å²) in [6, 6.07) is 5.89. The first-order valence-corrected chi connectivity index (χ1v) is 7.64. The Kier molecular flexibility index (Phi) is 10.3. The molecule has 0 atom stereocenters. The summed E-state index contributed by atoms with van der Waals surface area (Å²) in [5, 5.41) is 8.97. The molecule has 0 unspecified atom stereocenters. The first kappa shape index (κ1) is 22.4. The number of ether oxygens (including phenoxy) is 1. The van der Waals surface area contributed by atoms with Crippen LogP contribution in [-0.2, 0) is 11.3 Å². The number of aliphatic imine (C=N–C) groups is 1. The van der Waals surface area contributed by atoms with E-state index < -0.39 is 11.7 Å². The predicted molar refractivity (Wildman–Crippen MR) is 107 cm³/mol. The minimum absolute atomic E-state index is 0. The van der Waals surface area contributed by atoms with Gasteiger partial charge in [0.1, 0.15) is 5.60 Å². The van der Waals surface area contributed by atoms with E-state index in [2.05, 4.69) is 25.9 Å². The van der Waals surface area contributed by atoms with E-state index in [1.165, 1.54) is 0 Å². The maximum absolute atomic E-state index is 11.5. The topological polar surface area (TPSA) is 87.6 Å².